The van der Waals surface area contributed by atoms with Gasteiger partial charge in [-0.05, 0) is 23.5 Å². The molecule has 1 aromatic carbocycles. The van der Waals surface area contributed by atoms with E-state index in [1.165, 1.54) is 16.2 Å². The third-order valence-electron chi connectivity index (χ3n) is 3.62. The summed E-state index contributed by atoms with van der Waals surface area (Å²) in [6.45, 7) is 2.38. The minimum Gasteiger partial charge on any atom is -0.480 e. The van der Waals surface area contributed by atoms with Crippen LogP contribution in [0.1, 0.15) is 18.1 Å². The number of nitrogens with zero attached hydrogens (tertiary/aromatic N) is 3. The summed E-state index contributed by atoms with van der Waals surface area (Å²) in [5.41, 5.74) is 3.54. The normalized spacial score (nSPS) is 10.7. The number of benzene rings is 1. The Morgan fingerprint density at radius 1 is 1.22 bits per heavy atom. The highest BCUT2D eigenvalue weighted by Gasteiger charge is 2.13. The maximum absolute atomic E-state index is 12.4. The number of hydrogen-bond acceptors (Lipinski definition) is 5. The summed E-state index contributed by atoms with van der Waals surface area (Å²) in [5.74, 6) is 0.546. The fourth-order valence-electron chi connectivity index (χ4n) is 2.43. The van der Waals surface area contributed by atoms with Gasteiger partial charge in [-0.3, -0.25) is 4.79 Å². The van der Waals surface area contributed by atoms with Crippen LogP contribution >= 0.6 is 11.5 Å². The second kappa shape index (κ2) is 6.75. The Balaban J connectivity index is 2.06. The molecule has 3 aromatic rings. The predicted octanol–water partition coefficient (Wildman–Crippen LogP) is 2.99. The Hall–Kier alpha value is -2.47. The van der Waals surface area contributed by atoms with Crippen molar-refractivity contribution in [1.82, 2.24) is 14.2 Å². The van der Waals surface area contributed by atoms with Crippen LogP contribution in [0.25, 0.3) is 11.3 Å². The minimum atomic E-state index is -0.116. The largest absolute Gasteiger partial charge is 0.480 e. The fourth-order valence-corrected chi connectivity index (χ4v) is 3.07. The minimum absolute atomic E-state index is 0.116. The molecule has 2 aromatic heterocycles. The van der Waals surface area contributed by atoms with Gasteiger partial charge in [-0.15, -0.1) is 0 Å². The lowest BCUT2D eigenvalue weighted by molar-refractivity contribution is 0.395. The van der Waals surface area contributed by atoms with E-state index in [-0.39, 0.29) is 5.56 Å². The third kappa shape index (κ3) is 3.17. The summed E-state index contributed by atoms with van der Waals surface area (Å²) >= 11 is 1.31. The molecule has 0 aliphatic heterocycles. The van der Waals surface area contributed by atoms with E-state index in [1.54, 1.807) is 13.2 Å². The molecule has 0 amide bonds. The van der Waals surface area contributed by atoms with Gasteiger partial charge in [0.2, 0.25) is 5.88 Å². The van der Waals surface area contributed by atoms with E-state index in [2.05, 4.69) is 9.47 Å². The second-order valence-corrected chi connectivity index (χ2v) is 5.71. The summed E-state index contributed by atoms with van der Waals surface area (Å²) < 4.78 is 10.8. The number of aromatic nitrogens is 3. The van der Waals surface area contributed by atoms with Gasteiger partial charge in [0.1, 0.15) is 0 Å². The van der Waals surface area contributed by atoms with Crippen LogP contribution in [0.5, 0.6) is 5.88 Å². The number of ether oxygens (including phenoxy) is 1. The van der Waals surface area contributed by atoms with E-state index in [9.17, 15) is 4.79 Å². The first-order valence-electron chi connectivity index (χ1n) is 7.36. The lowest BCUT2D eigenvalue weighted by Crippen LogP contribution is -2.24. The average molecular weight is 327 g/mol. The molecule has 6 heteroatoms. The van der Waals surface area contributed by atoms with Gasteiger partial charge < -0.3 is 4.74 Å². The lowest BCUT2D eigenvalue weighted by atomic mass is 10.1. The molecule has 0 N–H and O–H groups in total. The van der Waals surface area contributed by atoms with Gasteiger partial charge in [-0.25, -0.2) is 4.68 Å². The highest BCUT2D eigenvalue weighted by molar-refractivity contribution is 7.03. The van der Waals surface area contributed by atoms with Crippen molar-refractivity contribution in [2.75, 3.05) is 7.11 Å². The van der Waals surface area contributed by atoms with Gasteiger partial charge in [0, 0.05) is 22.6 Å². The lowest BCUT2D eigenvalue weighted by Gasteiger charge is -2.11. The molecule has 3 rings (SSSR count). The van der Waals surface area contributed by atoms with Crippen LogP contribution in [0.3, 0.4) is 0 Å². The van der Waals surface area contributed by atoms with E-state index in [1.807, 2.05) is 42.6 Å². The molecular formula is C17H17N3O2S. The first-order valence-corrected chi connectivity index (χ1v) is 8.20. The van der Waals surface area contributed by atoms with Gasteiger partial charge in [-0.1, -0.05) is 37.3 Å². The summed E-state index contributed by atoms with van der Waals surface area (Å²) in [4.78, 5) is 12.4. The van der Waals surface area contributed by atoms with E-state index in [4.69, 9.17) is 4.74 Å². The molecule has 23 heavy (non-hydrogen) atoms. The Kier molecular flexibility index (Phi) is 4.52. The topological polar surface area (TPSA) is 57.0 Å². The van der Waals surface area contributed by atoms with Crippen molar-refractivity contribution in [1.29, 1.82) is 0 Å². The quantitative estimate of drug-likeness (QED) is 0.723. The molecule has 0 atom stereocenters. The van der Waals surface area contributed by atoms with Gasteiger partial charge >= 0.3 is 0 Å². The molecule has 0 fully saturated rings. The highest BCUT2D eigenvalue weighted by Crippen LogP contribution is 2.22. The summed E-state index contributed by atoms with van der Waals surface area (Å²) in [6, 6.07) is 11.6. The molecule has 5 nitrogen and oxygen atoms in total. The fraction of sp³-hybridized carbons (Fsp3) is 0.235. The molecule has 118 valence electrons. The molecule has 0 bridgehead atoms. The number of aryl methyl sites for hydroxylation is 1. The maximum atomic E-state index is 12.4. The van der Waals surface area contributed by atoms with Gasteiger partial charge in [0.15, 0.2) is 0 Å². The number of hydrogen-bond donors (Lipinski definition) is 0. The van der Waals surface area contributed by atoms with Crippen molar-refractivity contribution in [3.8, 4) is 17.1 Å². The second-order valence-electron chi connectivity index (χ2n) is 5.08. The van der Waals surface area contributed by atoms with Crippen LogP contribution in [0.2, 0.25) is 0 Å². The molecule has 0 unspecified atom stereocenters. The molecule has 0 saturated carbocycles. The smallest absolute Gasteiger partial charge is 0.267 e. The van der Waals surface area contributed by atoms with E-state index < -0.39 is 0 Å². The summed E-state index contributed by atoms with van der Waals surface area (Å²) in [5, 5.41) is 6.47. The van der Waals surface area contributed by atoms with E-state index in [0.717, 1.165) is 28.8 Å². The standard InChI is InChI=1S/C17H17N3O2S/c1-3-12-9-15(21)20(10-14-11-23-19-17(14)22-2)18-16(12)13-7-5-4-6-8-13/h4-9,11H,3,10H2,1-2H3. The van der Waals surface area contributed by atoms with Crippen LogP contribution in [0.15, 0.2) is 46.6 Å². The zero-order valence-electron chi connectivity index (χ0n) is 13.0. The van der Waals surface area contributed by atoms with Crippen molar-refractivity contribution in [3.05, 3.63) is 63.3 Å². The van der Waals surface area contributed by atoms with Crippen LogP contribution in [-0.4, -0.2) is 21.3 Å². The van der Waals surface area contributed by atoms with Crippen LogP contribution in [0, 0.1) is 0 Å². The average Bonchev–Trinajstić information content (AvgIpc) is 3.04. The zero-order chi connectivity index (χ0) is 16.2. The molecule has 0 aliphatic carbocycles. The van der Waals surface area contributed by atoms with E-state index >= 15 is 0 Å². The molecule has 0 spiro atoms. The molecule has 0 aliphatic rings. The monoisotopic (exact) mass is 327 g/mol. The SMILES string of the molecule is CCc1cc(=O)n(Cc2csnc2OC)nc1-c1ccccc1. The van der Waals surface area contributed by atoms with Gasteiger partial charge in [0.25, 0.3) is 5.56 Å². The Morgan fingerprint density at radius 2 is 2.00 bits per heavy atom. The van der Waals surface area contributed by atoms with E-state index in [0.29, 0.717) is 12.4 Å². The van der Waals surface area contributed by atoms with Crippen molar-refractivity contribution in [2.45, 2.75) is 19.9 Å². The Morgan fingerprint density at radius 3 is 2.70 bits per heavy atom. The van der Waals surface area contributed by atoms with Crippen molar-refractivity contribution >= 4 is 11.5 Å². The van der Waals surface area contributed by atoms with Crippen molar-refractivity contribution in [3.63, 3.8) is 0 Å². The third-order valence-corrected chi connectivity index (χ3v) is 4.29. The molecular weight excluding hydrogens is 310 g/mol. The predicted molar refractivity (Wildman–Crippen MR) is 91.1 cm³/mol. The summed E-state index contributed by atoms with van der Waals surface area (Å²) in [6.07, 6.45) is 0.761. The first kappa shape index (κ1) is 15.4. The number of rotatable bonds is 5. The number of methoxy groups -OCH3 is 1. The Labute approximate surface area is 138 Å². The Bertz CT molecular complexity index is 856. The molecule has 0 saturated heterocycles. The maximum Gasteiger partial charge on any atom is 0.267 e. The van der Waals surface area contributed by atoms with Gasteiger partial charge in [0.05, 0.1) is 19.3 Å². The van der Waals surface area contributed by atoms with Crippen molar-refractivity contribution in [2.24, 2.45) is 0 Å². The highest BCUT2D eigenvalue weighted by atomic mass is 32.1. The zero-order valence-corrected chi connectivity index (χ0v) is 13.8. The summed E-state index contributed by atoms with van der Waals surface area (Å²) in [7, 11) is 1.57. The van der Waals surface area contributed by atoms with Crippen LogP contribution < -0.4 is 10.3 Å². The van der Waals surface area contributed by atoms with Crippen LogP contribution in [-0.2, 0) is 13.0 Å². The van der Waals surface area contributed by atoms with Crippen molar-refractivity contribution < 1.29 is 4.74 Å². The van der Waals surface area contributed by atoms with Crippen LogP contribution in [0.4, 0.5) is 0 Å². The first-order chi connectivity index (χ1) is 11.2. The van der Waals surface area contributed by atoms with Gasteiger partial charge in [-0.2, -0.15) is 9.47 Å². The molecule has 0 radical (unpaired) electrons. The molecule has 2 heterocycles.